The third kappa shape index (κ3) is 6.53. The lowest BCUT2D eigenvalue weighted by molar-refractivity contribution is -0.192. The van der Waals surface area contributed by atoms with E-state index >= 15 is 0 Å². The van der Waals surface area contributed by atoms with E-state index in [1.165, 1.54) is 29.7 Å². The number of carboxylic acids is 1. The van der Waals surface area contributed by atoms with Crippen LogP contribution in [0.4, 0.5) is 18.9 Å². The Morgan fingerprint density at radius 2 is 1.48 bits per heavy atom. The first-order chi connectivity index (χ1) is 22.1. The van der Waals surface area contributed by atoms with E-state index in [9.17, 15) is 13.2 Å². The van der Waals surface area contributed by atoms with Crippen LogP contribution in [0, 0.1) is 0 Å². The number of hydrogen-bond acceptors (Lipinski definition) is 6. The Balaban J connectivity index is 0.000000480. The Bertz CT molecular complexity index is 1840. The number of likely N-dealkylation sites (tertiary alicyclic amines) is 1. The van der Waals surface area contributed by atoms with Gasteiger partial charge in [-0.15, -0.1) is 0 Å². The number of halogens is 3. The second-order valence-corrected chi connectivity index (χ2v) is 11.6. The molecular weight excluding hydrogens is 593 g/mol. The molecular formula is C36H33F3N4O3. The molecule has 0 unspecified atom stereocenters. The highest BCUT2D eigenvalue weighted by Gasteiger charge is 2.41. The van der Waals surface area contributed by atoms with Crippen molar-refractivity contribution in [3.63, 3.8) is 0 Å². The molecule has 1 spiro atoms. The highest BCUT2D eigenvalue weighted by molar-refractivity contribution is 5.86. The molecule has 46 heavy (non-hydrogen) atoms. The lowest BCUT2D eigenvalue weighted by atomic mass is 9.74. The van der Waals surface area contributed by atoms with E-state index in [1.807, 2.05) is 36.4 Å². The number of para-hydroxylation sites is 1. The minimum atomic E-state index is -5.08. The van der Waals surface area contributed by atoms with Gasteiger partial charge in [-0.2, -0.15) is 13.2 Å². The van der Waals surface area contributed by atoms with Crippen LogP contribution in [0.1, 0.15) is 24.0 Å². The maximum absolute atomic E-state index is 10.6. The van der Waals surface area contributed by atoms with Crippen LogP contribution in [0.5, 0.6) is 5.75 Å². The third-order valence-electron chi connectivity index (χ3n) is 8.72. The Labute approximate surface area is 264 Å². The molecule has 2 N–H and O–H groups in total. The van der Waals surface area contributed by atoms with Crippen molar-refractivity contribution in [2.24, 2.45) is 0 Å². The van der Waals surface area contributed by atoms with E-state index in [1.54, 1.807) is 7.11 Å². The quantitative estimate of drug-likeness (QED) is 0.208. The van der Waals surface area contributed by atoms with Crippen LogP contribution in [-0.4, -0.2) is 58.9 Å². The molecule has 1 fully saturated rings. The van der Waals surface area contributed by atoms with Gasteiger partial charge in [-0.3, -0.25) is 4.90 Å². The minimum Gasteiger partial charge on any atom is -0.497 e. The average Bonchev–Trinajstić information content (AvgIpc) is 3.43. The number of carbonyl (C=O) groups is 1. The zero-order valence-corrected chi connectivity index (χ0v) is 25.2. The van der Waals surface area contributed by atoms with E-state index in [4.69, 9.17) is 24.6 Å². The number of aromatic nitrogens is 2. The number of anilines is 1. The molecule has 4 aromatic carbocycles. The first-order valence-corrected chi connectivity index (χ1v) is 15.0. The molecule has 1 saturated heterocycles. The molecule has 0 bridgehead atoms. The molecule has 10 heteroatoms. The van der Waals surface area contributed by atoms with Crippen molar-refractivity contribution < 1.29 is 27.8 Å². The molecule has 236 valence electrons. The predicted octanol–water partition coefficient (Wildman–Crippen LogP) is 7.57. The number of ether oxygens (including phenoxy) is 1. The Kier molecular flexibility index (Phi) is 8.64. The molecule has 3 heterocycles. The van der Waals surface area contributed by atoms with Crippen LogP contribution >= 0.6 is 0 Å². The monoisotopic (exact) mass is 626 g/mol. The van der Waals surface area contributed by atoms with Gasteiger partial charge in [0.15, 0.2) is 0 Å². The lowest BCUT2D eigenvalue weighted by Crippen LogP contribution is -2.43. The normalized spacial score (nSPS) is 15.5. The van der Waals surface area contributed by atoms with Gasteiger partial charge in [0.25, 0.3) is 0 Å². The van der Waals surface area contributed by atoms with E-state index in [-0.39, 0.29) is 0 Å². The van der Waals surface area contributed by atoms with Crippen molar-refractivity contribution in [3.05, 3.63) is 108 Å². The largest absolute Gasteiger partial charge is 0.497 e. The smallest absolute Gasteiger partial charge is 0.490 e. The molecule has 1 aromatic heterocycles. The second-order valence-electron chi connectivity index (χ2n) is 11.6. The number of nitrogens with one attached hydrogen (secondary N) is 1. The summed E-state index contributed by atoms with van der Waals surface area (Å²) >= 11 is 0. The zero-order valence-electron chi connectivity index (χ0n) is 25.2. The molecule has 7 rings (SSSR count). The van der Waals surface area contributed by atoms with Crippen molar-refractivity contribution in [2.45, 2.75) is 31.0 Å². The van der Waals surface area contributed by atoms with Crippen molar-refractivity contribution in [2.75, 3.05) is 32.1 Å². The summed E-state index contributed by atoms with van der Waals surface area (Å²) in [7, 11) is 1.68. The number of alkyl halides is 3. The van der Waals surface area contributed by atoms with E-state index < -0.39 is 12.1 Å². The van der Waals surface area contributed by atoms with Crippen LogP contribution in [0.2, 0.25) is 0 Å². The SMILES string of the molecule is COc1ccc2nc(-c3ccc(CN4CCC5(CC4)CNc4ccccc45)cc3)c(-c3ccccc3)nc2c1.O=C(O)C(F)(F)F. The van der Waals surface area contributed by atoms with Crippen LogP contribution < -0.4 is 10.1 Å². The summed E-state index contributed by atoms with van der Waals surface area (Å²) in [5, 5.41) is 10.8. The van der Waals surface area contributed by atoms with Gasteiger partial charge in [0.2, 0.25) is 0 Å². The van der Waals surface area contributed by atoms with E-state index in [0.29, 0.717) is 5.41 Å². The summed E-state index contributed by atoms with van der Waals surface area (Å²) in [6.07, 6.45) is -2.68. The summed E-state index contributed by atoms with van der Waals surface area (Å²) in [4.78, 5) is 21.6. The average molecular weight is 627 g/mol. The summed E-state index contributed by atoms with van der Waals surface area (Å²) in [5.41, 5.74) is 10.1. The van der Waals surface area contributed by atoms with Crippen LogP contribution in [-0.2, 0) is 16.8 Å². The van der Waals surface area contributed by atoms with Gasteiger partial charge in [-0.25, -0.2) is 14.8 Å². The van der Waals surface area contributed by atoms with Crippen molar-refractivity contribution in [1.82, 2.24) is 14.9 Å². The van der Waals surface area contributed by atoms with Crippen LogP contribution in [0.25, 0.3) is 33.5 Å². The molecule has 0 atom stereocenters. The summed E-state index contributed by atoms with van der Waals surface area (Å²) in [5.74, 6) is -1.97. The zero-order chi connectivity index (χ0) is 32.3. The predicted molar refractivity (Wildman–Crippen MR) is 172 cm³/mol. The number of hydrogen-bond donors (Lipinski definition) is 2. The Morgan fingerprint density at radius 3 is 2.13 bits per heavy atom. The molecule has 0 amide bonds. The maximum atomic E-state index is 10.6. The number of fused-ring (bicyclic) bond motifs is 3. The summed E-state index contributed by atoms with van der Waals surface area (Å²) in [6, 6.07) is 33.9. The number of nitrogens with zero attached hydrogens (tertiary/aromatic N) is 3. The standard InChI is InChI=1S/C34H32N4O.C2HF3O2/c1-39-27-15-16-30-31(21-27)37-32(25-7-3-2-4-8-25)33(36-30)26-13-11-24(12-14-26)22-38-19-17-34(18-20-38)23-35-29-10-6-5-9-28(29)34;3-2(4,5)1(6)7/h2-16,21,35H,17-20,22-23H2,1H3;(H,6,7). The van der Waals surface area contributed by atoms with Crippen LogP contribution in [0.3, 0.4) is 0 Å². The molecule has 2 aliphatic heterocycles. The van der Waals surface area contributed by atoms with Gasteiger partial charge < -0.3 is 15.2 Å². The molecule has 0 saturated carbocycles. The molecule has 5 aromatic rings. The van der Waals surface area contributed by atoms with Gasteiger partial charge in [0.05, 0.1) is 29.5 Å². The van der Waals surface area contributed by atoms with Crippen molar-refractivity contribution in [1.29, 1.82) is 0 Å². The number of rotatable bonds is 5. The topological polar surface area (TPSA) is 87.6 Å². The number of piperidine rings is 1. The Hall–Kier alpha value is -4.96. The molecule has 0 radical (unpaired) electrons. The fourth-order valence-corrected chi connectivity index (χ4v) is 6.23. The van der Waals surface area contributed by atoms with Gasteiger partial charge in [0.1, 0.15) is 5.75 Å². The van der Waals surface area contributed by atoms with E-state index in [2.05, 4.69) is 70.9 Å². The third-order valence-corrected chi connectivity index (χ3v) is 8.72. The Morgan fingerprint density at radius 1 is 0.870 bits per heavy atom. The number of carboxylic acid groups (broad SMARTS) is 1. The fourth-order valence-electron chi connectivity index (χ4n) is 6.23. The molecule has 2 aliphatic rings. The fraction of sp³-hybridized carbons (Fsp3) is 0.250. The minimum absolute atomic E-state index is 0.295. The lowest BCUT2D eigenvalue weighted by Gasteiger charge is -2.39. The first kappa shape index (κ1) is 31.0. The van der Waals surface area contributed by atoms with Crippen molar-refractivity contribution >= 4 is 22.7 Å². The van der Waals surface area contributed by atoms with Crippen LogP contribution in [0.15, 0.2) is 97.1 Å². The number of methoxy groups -OCH3 is 1. The van der Waals surface area contributed by atoms with Gasteiger partial charge in [0, 0.05) is 41.4 Å². The molecule has 7 nitrogen and oxygen atoms in total. The summed E-state index contributed by atoms with van der Waals surface area (Å²) < 4.78 is 37.2. The van der Waals surface area contributed by atoms with Gasteiger partial charge in [-0.05, 0) is 55.3 Å². The maximum Gasteiger partial charge on any atom is 0.490 e. The first-order valence-electron chi connectivity index (χ1n) is 15.0. The highest BCUT2D eigenvalue weighted by Crippen LogP contribution is 2.44. The van der Waals surface area contributed by atoms with Crippen molar-refractivity contribution in [3.8, 4) is 28.3 Å². The summed E-state index contributed by atoms with van der Waals surface area (Å²) in [6.45, 7) is 4.28. The second kappa shape index (κ2) is 12.8. The van der Waals surface area contributed by atoms with E-state index in [0.717, 1.165) is 65.5 Å². The van der Waals surface area contributed by atoms with Gasteiger partial charge >= 0.3 is 12.1 Å². The number of aliphatic carboxylic acids is 1. The number of benzene rings is 4. The highest BCUT2D eigenvalue weighted by atomic mass is 19.4. The van der Waals surface area contributed by atoms with Gasteiger partial charge in [-0.1, -0.05) is 72.8 Å². The molecule has 0 aliphatic carbocycles.